The van der Waals surface area contributed by atoms with Crippen LogP contribution in [0, 0.1) is 0 Å². The Hall–Kier alpha value is -2.00. The van der Waals surface area contributed by atoms with E-state index in [9.17, 15) is 5.11 Å². The molecule has 0 amide bonds. The number of nitrogens with one attached hydrogen (secondary N) is 1. The van der Waals surface area contributed by atoms with Crippen LogP contribution in [-0.2, 0) is 12.8 Å². The molecule has 0 bridgehead atoms. The van der Waals surface area contributed by atoms with Gasteiger partial charge >= 0.3 is 0 Å². The predicted octanol–water partition coefficient (Wildman–Crippen LogP) is 3.22. The minimum Gasteiger partial charge on any atom is -0.508 e. The highest BCUT2D eigenvalue weighted by molar-refractivity contribution is 5.44. The van der Waals surface area contributed by atoms with E-state index in [0.717, 1.165) is 37.1 Å². The van der Waals surface area contributed by atoms with Crippen molar-refractivity contribution in [2.45, 2.75) is 25.3 Å². The Labute approximate surface area is 125 Å². The Balaban J connectivity index is 1.59. The largest absolute Gasteiger partial charge is 0.508 e. The molecule has 1 atom stereocenters. The van der Waals surface area contributed by atoms with Crippen LogP contribution in [0.2, 0.25) is 0 Å². The molecule has 3 rings (SSSR count). The van der Waals surface area contributed by atoms with Gasteiger partial charge in [-0.1, -0.05) is 24.3 Å². The second-order valence-corrected chi connectivity index (χ2v) is 5.49. The molecule has 0 aliphatic heterocycles. The number of ether oxygens (including phenoxy) is 1. The van der Waals surface area contributed by atoms with Crippen molar-refractivity contribution in [3.05, 3.63) is 59.2 Å². The number of hydrogen-bond donors (Lipinski definition) is 2. The normalized spacial score (nSPS) is 16.7. The van der Waals surface area contributed by atoms with Gasteiger partial charge in [0.15, 0.2) is 0 Å². The average Bonchev–Trinajstić information content (AvgIpc) is 2.92. The van der Waals surface area contributed by atoms with E-state index in [1.807, 2.05) is 18.2 Å². The van der Waals surface area contributed by atoms with E-state index < -0.39 is 0 Å². The van der Waals surface area contributed by atoms with Gasteiger partial charge in [-0.3, -0.25) is 0 Å². The van der Waals surface area contributed by atoms with Crippen molar-refractivity contribution in [2.24, 2.45) is 0 Å². The Morgan fingerprint density at radius 1 is 1.24 bits per heavy atom. The third-order valence-corrected chi connectivity index (χ3v) is 4.18. The first-order valence-corrected chi connectivity index (χ1v) is 7.45. The number of benzene rings is 2. The lowest BCUT2D eigenvalue weighted by Gasteiger charge is -2.14. The van der Waals surface area contributed by atoms with Crippen molar-refractivity contribution in [2.75, 3.05) is 13.7 Å². The van der Waals surface area contributed by atoms with Crippen molar-refractivity contribution in [3.63, 3.8) is 0 Å². The van der Waals surface area contributed by atoms with E-state index in [-0.39, 0.29) is 0 Å². The fraction of sp³-hybridized carbons (Fsp3) is 0.333. The van der Waals surface area contributed by atoms with Gasteiger partial charge in [0.1, 0.15) is 11.5 Å². The van der Waals surface area contributed by atoms with Gasteiger partial charge in [-0.05, 0) is 60.7 Å². The van der Waals surface area contributed by atoms with E-state index >= 15 is 0 Å². The summed E-state index contributed by atoms with van der Waals surface area (Å²) in [5.41, 5.74) is 3.63. The number of rotatable bonds is 5. The van der Waals surface area contributed by atoms with Crippen LogP contribution in [0.5, 0.6) is 11.5 Å². The van der Waals surface area contributed by atoms with E-state index in [1.54, 1.807) is 13.2 Å². The number of phenolic OH excluding ortho intramolecular Hbond substituents is 1. The number of hydrogen-bond acceptors (Lipinski definition) is 3. The van der Waals surface area contributed by atoms with Crippen LogP contribution in [-0.4, -0.2) is 18.8 Å². The van der Waals surface area contributed by atoms with Crippen molar-refractivity contribution in [1.82, 2.24) is 5.32 Å². The lowest BCUT2D eigenvalue weighted by molar-refractivity contribution is 0.414. The monoisotopic (exact) mass is 283 g/mol. The molecule has 110 valence electrons. The smallest absolute Gasteiger partial charge is 0.119 e. The Morgan fingerprint density at radius 3 is 2.95 bits per heavy atom. The zero-order chi connectivity index (χ0) is 14.7. The molecule has 2 N–H and O–H groups in total. The molecule has 3 nitrogen and oxygen atoms in total. The highest BCUT2D eigenvalue weighted by Crippen LogP contribution is 2.36. The molecule has 0 heterocycles. The highest BCUT2D eigenvalue weighted by Gasteiger charge is 2.23. The summed E-state index contributed by atoms with van der Waals surface area (Å²) in [7, 11) is 1.69. The summed E-state index contributed by atoms with van der Waals surface area (Å²) in [6.45, 7) is 0.924. The minimum absolute atomic E-state index is 0.359. The van der Waals surface area contributed by atoms with E-state index in [4.69, 9.17) is 4.74 Å². The molecule has 1 unspecified atom stereocenters. The van der Waals surface area contributed by atoms with Gasteiger partial charge in [0.05, 0.1) is 7.11 Å². The Morgan fingerprint density at radius 2 is 2.10 bits per heavy atom. The molecule has 3 heteroatoms. The summed E-state index contributed by atoms with van der Waals surface area (Å²) in [6, 6.07) is 14.4. The topological polar surface area (TPSA) is 41.5 Å². The van der Waals surface area contributed by atoms with Crippen LogP contribution >= 0.6 is 0 Å². The molecule has 0 aromatic heterocycles. The number of fused-ring (bicyclic) bond motifs is 1. The van der Waals surface area contributed by atoms with Crippen LogP contribution in [0.15, 0.2) is 42.5 Å². The molecule has 21 heavy (non-hydrogen) atoms. The van der Waals surface area contributed by atoms with Crippen LogP contribution in [0.1, 0.15) is 29.2 Å². The molecule has 2 aromatic carbocycles. The fourth-order valence-electron chi connectivity index (χ4n) is 3.07. The summed E-state index contributed by atoms with van der Waals surface area (Å²) in [5.74, 6) is 1.34. The maximum atomic E-state index is 9.87. The van der Waals surface area contributed by atoms with Gasteiger partial charge < -0.3 is 15.2 Å². The van der Waals surface area contributed by atoms with E-state index in [0.29, 0.717) is 11.8 Å². The lowest BCUT2D eigenvalue weighted by atomic mass is 10.1. The third kappa shape index (κ3) is 3.03. The molecule has 0 saturated heterocycles. The van der Waals surface area contributed by atoms with Gasteiger partial charge in [0.2, 0.25) is 0 Å². The quantitative estimate of drug-likeness (QED) is 0.885. The second kappa shape index (κ2) is 6.19. The summed E-state index contributed by atoms with van der Waals surface area (Å²) in [5, 5.41) is 13.5. The summed E-state index contributed by atoms with van der Waals surface area (Å²) >= 11 is 0. The summed E-state index contributed by atoms with van der Waals surface area (Å²) in [6.07, 6.45) is 2.99. The maximum Gasteiger partial charge on any atom is 0.119 e. The standard InChI is InChI=1S/C18H21NO2/c1-21-14-5-2-4-13(12-14)10-11-19-17-9-8-16-15(17)6-3-7-18(16)20/h2-7,12,17,19-20H,8-11H2,1H3. The van der Waals surface area contributed by atoms with Crippen molar-refractivity contribution in [3.8, 4) is 11.5 Å². The van der Waals surface area contributed by atoms with Gasteiger partial charge in [-0.2, -0.15) is 0 Å². The molecule has 1 aliphatic carbocycles. The van der Waals surface area contributed by atoms with Crippen LogP contribution in [0.25, 0.3) is 0 Å². The van der Waals surface area contributed by atoms with E-state index in [1.165, 1.54) is 11.1 Å². The van der Waals surface area contributed by atoms with Gasteiger partial charge in [-0.15, -0.1) is 0 Å². The summed E-state index contributed by atoms with van der Waals surface area (Å²) in [4.78, 5) is 0. The first-order chi connectivity index (χ1) is 10.3. The maximum absolute atomic E-state index is 9.87. The third-order valence-electron chi connectivity index (χ3n) is 4.18. The van der Waals surface area contributed by atoms with Crippen molar-refractivity contribution >= 4 is 0 Å². The molecule has 0 saturated carbocycles. The molecule has 1 aliphatic rings. The molecule has 0 radical (unpaired) electrons. The molecular weight excluding hydrogens is 262 g/mol. The number of aromatic hydroxyl groups is 1. The Kier molecular flexibility index (Phi) is 4.11. The fourth-order valence-corrected chi connectivity index (χ4v) is 3.07. The predicted molar refractivity (Wildman–Crippen MR) is 83.9 cm³/mol. The highest BCUT2D eigenvalue weighted by atomic mass is 16.5. The van der Waals surface area contributed by atoms with Crippen molar-refractivity contribution < 1.29 is 9.84 Å². The van der Waals surface area contributed by atoms with Gasteiger partial charge in [-0.25, -0.2) is 0 Å². The lowest BCUT2D eigenvalue weighted by Crippen LogP contribution is -2.21. The van der Waals surface area contributed by atoms with E-state index in [2.05, 4.69) is 23.5 Å². The molecule has 0 spiro atoms. The van der Waals surface area contributed by atoms with Crippen LogP contribution < -0.4 is 10.1 Å². The van der Waals surface area contributed by atoms with Crippen molar-refractivity contribution in [1.29, 1.82) is 0 Å². The zero-order valence-corrected chi connectivity index (χ0v) is 12.3. The van der Waals surface area contributed by atoms with Crippen LogP contribution in [0.4, 0.5) is 0 Å². The zero-order valence-electron chi connectivity index (χ0n) is 12.3. The second-order valence-electron chi connectivity index (χ2n) is 5.49. The van der Waals surface area contributed by atoms with Gasteiger partial charge in [0.25, 0.3) is 0 Å². The number of methoxy groups -OCH3 is 1. The Bertz CT molecular complexity index is 624. The minimum atomic E-state index is 0.359. The first kappa shape index (κ1) is 14.0. The van der Waals surface area contributed by atoms with Crippen LogP contribution in [0.3, 0.4) is 0 Å². The first-order valence-electron chi connectivity index (χ1n) is 7.45. The SMILES string of the molecule is COc1cccc(CCNC2CCc3c(O)cccc32)c1. The molecule has 2 aromatic rings. The summed E-state index contributed by atoms with van der Waals surface area (Å²) < 4.78 is 5.25. The van der Waals surface area contributed by atoms with Gasteiger partial charge in [0, 0.05) is 6.04 Å². The number of phenols is 1. The molecular formula is C18H21NO2. The molecule has 0 fully saturated rings. The average molecular weight is 283 g/mol.